The van der Waals surface area contributed by atoms with Crippen LogP contribution in [0.25, 0.3) is 0 Å². The molecule has 0 fully saturated rings. The zero-order valence-electron chi connectivity index (χ0n) is 10.3. The first kappa shape index (κ1) is 12.3. The van der Waals surface area contributed by atoms with Gasteiger partial charge in [-0.2, -0.15) is 5.10 Å². The molecule has 2 rings (SSSR count). The molecular formula is C13H14FN3O. The minimum absolute atomic E-state index is 0.152. The molecule has 0 aliphatic carbocycles. The van der Waals surface area contributed by atoms with E-state index < -0.39 is 0 Å². The largest absolute Gasteiger partial charge is 0.336 e. The van der Waals surface area contributed by atoms with Crippen molar-refractivity contribution in [2.75, 3.05) is 7.05 Å². The molecule has 0 saturated carbocycles. The van der Waals surface area contributed by atoms with Gasteiger partial charge in [-0.15, -0.1) is 0 Å². The first-order chi connectivity index (χ1) is 8.56. The second-order valence-electron chi connectivity index (χ2n) is 4.15. The second kappa shape index (κ2) is 5.00. The van der Waals surface area contributed by atoms with Crippen LogP contribution in [0.2, 0.25) is 0 Å². The van der Waals surface area contributed by atoms with Gasteiger partial charge < -0.3 is 4.90 Å². The summed E-state index contributed by atoms with van der Waals surface area (Å²) in [4.78, 5) is 13.6. The van der Waals surface area contributed by atoms with Crippen LogP contribution in [0.3, 0.4) is 0 Å². The minimum atomic E-state index is -0.348. The van der Waals surface area contributed by atoms with Crippen LogP contribution >= 0.6 is 0 Å². The van der Waals surface area contributed by atoms with Crippen molar-refractivity contribution in [3.05, 3.63) is 53.6 Å². The molecule has 0 saturated heterocycles. The molecule has 5 heteroatoms. The number of aromatic nitrogens is 2. The van der Waals surface area contributed by atoms with Crippen LogP contribution in [0.1, 0.15) is 16.1 Å². The van der Waals surface area contributed by atoms with Crippen LogP contribution in [0.15, 0.2) is 36.5 Å². The van der Waals surface area contributed by atoms with Gasteiger partial charge in [0.15, 0.2) is 0 Å². The highest BCUT2D eigenvalue weighted by atomic mass is 19.1. The molecule has 0 bridgehead atoms. The summed E-state index contributed by atoms with van der Waals surface area (Å²) in [6.07, 6.45) is 1.82. The molecule has 0 unspecified atom stereocenters. The van der Waals surface area contributed by atoms with E-state index in [0.717, 1.165) is 5.69 Å². The summed E-state index contributed by atoms with van der Waals surface area (Å²) < 4.78 is 14.4. The summed E-state index contributed by atoms with van der Waals surface area (Å²) in [5.74, 6) is -0.500. The molecule has 0 radical (unpaired) electrons. The van der Waals surface area contributed by atoms with E-state index in [-0.39, 0.29) is 11.7 Å². The van der Waals surface area contributed by atoms with Gasteiger partial charge in [0.1, 0.15) is 5.82 Å². The third-order valence-corrected chi connectivity index (χ3v) is 2.61. The fourth-order valence-electron chi connectivity index (χ4n) is 1.68. The molecule has 1 amide bonds. The molecule has 94 valence electrons. The van der Waals surface area contributed by atoms with Crippen molar-refractivity contribution in [2.24, 2.45) is 7.05 Å². The Kier molecular flexibility index (Phi) is 3.41. The van der Waals surface area contributed by atoms with E-state index in [1.54, 1.807) is 16.6 Å². The fourth-order valence-corrected chi connectivity index (χ4v) is 1.68. The molecule has 2 aromatic rings. The number of hydrogen-bond acceptors (Lipinski definition) is 2. The van der Waals surface area contributed by atoms with Gasteiger partial charge in [-0.05, 0) is 30.3 Å². The number of carbonyl (C=O) groups is 1. The van der Waals surface area contributed by atoms with E-state index in [0.29, 0.717) is 12.1 Å². The maximum Gasteiger partial charge on any atom is 0.253 e. The first-order valence-corrected chi connectivity index (χ1v) is 5.56. The van der Waals surface area contributed by atoms with E-state index in [1.165, 1.54) is 24.3 Å². The molecule has 18 heavy (non-hydrogen) atoms. The minimum Gasteiger partial charge on any atom is -0.336 e. The number of amides is 1. The highest BCUT2D eigenvalue weighted by molar-refractivity contribution is 5.93. The number of halogens is 1. The maximum absolute atomic E-state index is 12.8. The topological polar surface area (TPSA) is 38.1 Å². The van der Waals surface area contributed by atoms with Gasteiger partial charge in [0.25, 0.3) is 5.91 Å². The summed E-state index contributed by atoms with van der Waals surface area (Å²) in [6, 6.07) is 7.37. The van der Waals surface area contributed by atoms with Crippen LogP contribution in [0, 0.1) is 5.82 Å². The zero-order valence-corrected chi connectivity index (χ0v) is 10.3. The molecular weight excluding hydrogens is 233 g/mol. The predicted octanol–water partition coefficient (Wildman–Crippen LogP) is 1.83. The van der Waals surface area contributed by atoms with Crippen molar-refractivity contribution < 1.29 is 9.18 Å². The molecule has 0 atom stereocenters. The molecule has 1 aromatic heterocycles. The lowest BCUT2D eigenvalue weighted by Gasteiger charge is -2.15. The van der Waals surface area contributed by atoms with Crippen LogP contribution in [0.4, 0.5) is 4.39 Å². The molecule has 4 nitrogen and oxygen atoms in total. The first-order valence-electron chi connectivity index (χ1n) is 5.56. The van der Waals surface area contributed by atoms with Gasteiger partial charge in [0, 0.05) is 25.9 Å². The molecule has 0 N–H and O–H groups in total. The van der Waals surface area contributed by atoms with Gasteiger partial charge in [-0.1, -0.05) is 0 Å². The van der Waals surface area contributed by atoms with E-state index in [2.05, 4.69) is 5.10 Å². The third-order valence-electron chi connectivity index (χ3n) is 2.61. The highest BCUT2D eigenvalue weighted by Crippen LogP contribution is 2.08. The van der Waals surface area contributed by atoms with Crippen molar-refractivity contribution in [1.29, 1.82) is 0 Å². The SMILES string of the molecule is CN(Cc1ccn(C)n1)C(=O)c1ccc(F)cc1. The lowest BCUT2D eigenvalue weighted by atomic mass is 10.2. The monoisotopic (exact) mass is 247 g/mol. The van der Waals surface area contributed by atoms with Crippen molar-refractivity contribution >= 4 is 5.91 Å². The summed E-state index contributed by atoms with van der Waals surface area (Å²) >= 11 is 0. The van der Waals surface area contributed by atoms with E-state index >= 15 is 0 Å². The van der Waals surface area contributed by atoms with E-state index in [9.17, 15) is 9.18 Å². The van der Waals surface area contributed by atoms with Gasteiger partial charge in [-0.25, -0.2) is 4.39 Å². The summed E-state index contributed by atoms with van der Waals surface area (Å²) in [6.45, 7) is 0.428. The van der Waals surface area contributed by atoms with Crippen molar-refractivity contribution in [2.45, 2.75) is 6.54 Å². The fraction of sp³-hybridized carbons (Fsp3) is 0.231. The smallest absolute Gasteiger partial charge is 0.253 e. The Morgan fingerprint density at radius 3 is 2.56 bits per heavy atom. The van der Waals surface area contributed by atoms with Gasteiger partial charge >= 0.3 is 0 Å². The molecule has 1 aromatic carbocycles. The molecule has 1 heterocycles. The quantitative estimate of drug-likeness (QED) is 0.830. The number of nitrogens with zero attached hydrogens (tertiary/aromatic N) is 3. The zero-order chi connectivity index (χ0) is 13.1. The molecule has 0 aliphatic rings. The average molecular weight is 247 g/mol. The van der Waals surface area contributed by atoms with Crippen molar-refractivity contribution in [3.8, 4) is 0 Å². The van der Waals surface area contributed by atoms with Crippen LogP contribution in [0.5, 0.6) is 0 Å². The number of aryl methyl sites for hydroxylation is 1. The second-order valence-corrected chi connectivity index (χ2v) is 4.15. The van der Waals surface area contributed by atoms with Gasteiger partial charge in [-0.3, -0.25) is 9.48 Å². The average Bonchev–Trinajstić information content (AvgIpc) is 2.75. The Morgan fingerprint density at radius 1 is 1.33 bits per heavy atom. The number of hydrogen-bond donors (Lipinski definition) is 0. The van der Waals surface area contributed by atoms with E-state index in [4.69, 9.17) is 0 Å². The highest BCUT2D eigenvalue weighted by Gasteiger charge is 2.12. The Labute approximate surface area is 105 Å². The predicted molar refractivity (Wildman–Crippen MR) is 65.4 cm³/mol. The molecule has 0 aliphatic heterocycles. The third kappa shape index (κ3) is 2.74. The Morgan fingerprint density at radius 2 is 2.00 bits per heavy atom. The van der Waals surface area contributed by atoms with Crippen molar-refractivity contribution in [3.63, 3.8) is 0 Å². The normalized spacial score (nSPS) is 10.4. The Balaban J connectivity index is 2.07. The summed E-state index contributed by atoms with van der Waals surface area (Å²) in [7, 11) is 3.52. The summed E-state index contributed by atoms with van der Waals surface area (Å²) in [5, 5.41) is 4.20. The lowest BCUT2D eigenvalue weighted by molar-refractivity contribution is 0.0783. The van der Waals surface area contributed by atoms with Crippen molar-refractivity contribution in [1.82, 2.24) is 14.7 Å². The van der Waals surface area contributed by atoms with Crippen LogP contribution in [-0.4, -0.2) is 27.6 Å². The maximum atomic E-state index is 12.8. The number of carbonyl (C=O) groups excluding carboxylic acids is 1. The summed E-state index contributed by atoms with van der Waals surface area (Å²) in [5.41, 5.74) is 1.28. The van der Waals surface area contributed by atoms with Gasteiger partial charge in [0.2, 0.25) is 0 Å². The van der Waals surface area contributed by atoms with Gasteiger partial charge in [0.05, 0.1) is 12.2 Å². The Bertz CT molecular complexity index is 548. The Hall–Kier alpha value is -2.17. The van der Waals surface area contributed by atoms with Crippen LogP contribution in [-0.2, 0) is 13.6 Å². The number of benzene rings is 1. The number of rotatable bonds is 3. The standard InChI is InChI=1S/C13H14FN3O/c1-16(9-12-7-8-17(2)15-12)13(18)10-3-5-11(14)6-4-10/h3-8H,9H2,1-2H3. The van der Waals surface area contributed by atoms with Crippen LogP contribution < -0.4 is 0 Å². The lowest BCUT2D eigenvalue weighted by Crippen LogP contribution is -2.26. The van der Waals surface area contributed by atoms with E-state index in [1.807, 2.05) is 19.3 Å². The molecule has 0 spiro atoms.